The number of nitrogens with two attached hydrogens (primary N) is 2. The molecule has 8 nitrogen and oxygen atoms in total. The molecule has 2 heterocycles. The van der Waals surface area contributed by atoms with Crippen LogP contribution in [0.25, 0.3) is 11.1 Å². The predicted octanol–water partition coefficient (Wildman–Crippen LogP) is 4.78. The van der Waals surface area contributed by atoms with Gasteiger partial charge in [-0.1, -0.05) is 23.2 Å². The van der Waals surface area contributed by atoms with Crippen LogP contribution in [-0.2, 0) is 16.1 Å². The zero-order chi connectivity index (χ0) is 25.0. The van der Waals surface area contributed by atoms with Gasteiger partial charge in [0.05, 0.1) is 17.3 Å². The Balaban J connectivity index is 1.73. The van der Waals surface area contributed by atoms with Crippen LogP contribution in [0.1, 0.15) is 38.9 Å². The van der Waals surface area contributed by atoms with E-state index in [-0.39, 0.29) is 27.7 Å². The molecule has 2 aromatic heterocycles. The average Bonchev–Trinajstić information content (AvgIpc) is 3.25. The number of nitrogens with zero attached hydrogens (tertiary/aromatic N) is 3. The number of halogens is 3. The minimum absolute atomic E-state index is 0.112. The number of anilines is 1. The van der Waals surface area contributed by atoms with Gasteiger partial charge in [-0.15, -0.1) is 0 Å². The quantitative estimate of drug-likeness (QED) is 0.314. The van der Waals surface area contributed by atoms with Gasteiger partial charge < -0.3 is 20.9 Å². The highest BCUT2D eigenvalue weighted by atomic mass is 35.5. The Morgan fingerprint density at radius 2 is 1.94 bits per heavy atom. The lowest BCUT2D eigenvalue weighted by molar-refractivity contribution is -0.149. The molecule has 3 rings (SSSR count). The largest absolute Gasteiger partial charge is 0.482 e. The van der Waals surface area contributed by atoms with Crippen LogP contribution in [0.5, 0.6) is 5.75 Å². The minimum Gasteiger partial charge on any atom is -0.482 e. The van der Waals surface area contributed by atoms with Crippen LogP contribution in [0.2, 0.25) is 10.0 Å². The van der Waals surface area contributed by atoms with E-state index in [4.69, 9.17) is 44.1 Å². The van der Waals surface area contributed by atoms with Crippen molar-refractivity contribution in [3.05, 3.63) is 58.2 Å². The predicted molar refractivity (Wildman–Crippen MR) is 129 cm³/mol. The molecule has 0 bridgehead atoms. The van der Waals surface area contributed by atoms with E-state index in [9.17, 15) is 9.18 Å². The van der Waals surface area contributed by atoms with Crippen LogP contribution in [0.3, 0.4) is 0 Å². The molecule has 182 valence electrons. The van der Waals surface area contributed by atoms with E-state index in [2.05, 4.69) is 10.1 Å². The number of pyridine rings is 1. The second kappa shape index (κ2) is 11.0. The summed E-state index contributed by atoms with van der Waals surface area (Å²) in [5, 5.41) is 4.48. The van der Waals surface area contributed by atoms with Gasteiger partial charge in [0.25, 0.3) is 0 Å². The van der Waals surface area contributed by atoms with Gasteiger partial charge in [-0.3, -0.25) is 9.48 Å². The van der Waals surface area contributed by atoms with E-state index >= 15 is 0 Å². The summed E-state index contributed by atoms with van der Waals surface area (Å²) < 4.78 is 26.6. The van der Waals surface area contributed by atoms with Crippen molar-refractivity contribution in [2.24, 2.45) is 5.73 Å². The van der Waals surface area contributed by atoms with Crippen molar-refractivity contribution in [3.63, 3.8) is 0 Å². The maximum atomic E-state index is 13.9. The first kappa shape index (κ1) is 25.7. The number of rotatable bonds is 9. The number of benzene rings is 1. The molecule has 11 heteroatoms. The molecule has 4 N–H and O–H groups in total. The lowest BCUT2D eigenvalue weighted by atomic mass is 10.1. The van der Waals surface area contributed by atoms with Gasteiger partial charge in [-0.25, -0.2) is 9.37 Å². The van der Waals surface area contributed by atoms with E-state index in [1.54, 1.807) is 50.1 Å². The van der Waals surface area contributed by atoms with Gasteiger partial charge in [0.15, 0.2) is 11.6 Å². The van der Waals surface area contributed by atoms with E-state index in [1.807, 2.05) is 0 Å². The van der Waals surface area contributed by atoms with Crippen LogP contribution < -0.4 is 16.2 Å². The van der Waals surface area contributed by atoms with Crippen LogP contribution in [0.4, 0.5) is 10.2 Å². The minimum atomic E-state index is -0.740. The number of hydrogen-bond donors (Lipinski definition) is 2. The van der Waals surface area contributed by atoms with E-state index in [0.717, 1.165) is 5.56 Å². The van der Waals surface area contributed by atoms with Crippen LogP contribution in [0, 0.1) is 5.82 Å². The van der Waals surface area contributed by atoms with Gasteiger partial charge in [0.1, 0.15) is 18.0 Å². The summed E-state index contributed by atoms with van der Waals surface area (Å²) >= 11 is 12.3. The molecule has 0 saturated heterocycles. The lowest BCUT2D eigenvalue weighted by Crippen LogP contribution is -2.34. The number of nitrogen functional groups attached to an aromatic ring is 1. The number of aryl methyl sites for hydroxylation is 1. The van der Waals surface area contributed by atoms with Crippen molar-refractivity contribution >= 4 is 35.0 Å². The third kappa shape index (κ3) is 6.16. The molecule has 1 aromatic carbocycles. The molecule has 34 heavy (non-hydrogen) atoms. The molecular weight excluding hydrogens is 484 g/mol. The third-order valence-corrected chi connectivity index (χ3v) is 5.68. The third-order valence-electron chi connectivity index (χ3n) is 4.96. The summed E-state index contributed by atoms with van der Waals surface area (Å²) in [4.78, 5) is 16.1. The number of carbonyl (C=O) groups excluding carboxylic acids is 1. The topological polar surface area (TPSA) is 118 Å². The second-order valence-electron chi connectivity index (χ2n) is 8.00. The Kier molecular flexibility index (Phi) is 8.35. The van der Waals surface area contributed by atoms with Crippen LogP contribution >= 0.6 is 23.2 Å². The maximum Gasteiger partial charge on any atom is 0.323 e. The van der Waals surface area contributed by atoms with E-state index in [0.29, 0.717) is 24.1 Å². The van der Waals surface area contributed by atoms with Gasteiger partial charge >= 0.3 is 5.97 Å². The molecule has 2 atom stereocenters. The Labute approximate surface area is 206 Å². The van der Waals surface area contributed by atoms with Crippen molar-refractivity contribution in [1.29, 1.82) is 0 Å². The molecule has 0 fully saturated rings. The highest BCUT2D eigenvalue weighted by molar-refractivity contribution is 6.36. The number of hydrogen-bond acceptors (Lipinski definition) is 7. The summed E-state index contributed by atoms with van der Waals surface area (Å²) in [6.45, 7) is 5.65. The number of aromatic nitrogens is 3. The SMILES string of the molecule is CC(C)OC(=O)[C@@H](N)CCn1cc(-c2cnc(N)c(OC(C)c3c(Cl)ccc(F)c3Cl)c2)cn1. The fraction of sp³-hybridized carbons (Fsp3) is 0.348. The van der Waals surface area contributed by atoms with Crippen molar-refractivity contribution < 1.29 is 18.7 Å². The first-order chi connectivity index (χ1) is 16.1. The molecule has 0 amide bonds. The molecule has 3 aromatic rings. The highest BCUT2D eigenvalue weighted by Gasteiger charge is 2.20. The Hall–Kier alpha value is -2.88. The normalized spacial score (nSPS) is 13.1. The van der Waals surface area contributed by atoms with Crippen molar-refractivity contribution in [2.45, 2.75) is 52.0 Å². The van der Waals surface area contributed by atoms with Crippen LogP contribution in [-0.4, -0.2) is 32.9 Å². The summed E-state index contributed by atoms with van der Waals surface area (Å²) in [6, 6.07) is 3.57. The molecule has 1 unspecified atom stereocenters. The van der Waals surface area contributed by atoms with Crippen molar-refractivity contribution in [1.82, 2.24) is 14.8 Å². The average molecular weight is 510 g/mol. The smallest absolute Gasteiger partial charge is 0.323 e. The first-order valence-corrected chi connectivity index (χ1v) is 11.4. The monoisotopic (exact) mass is 509 g/mol. The zero-order valence-electron chi connectivity index (χ0n) is 19.0. The number of carbonyl (C=O) groups is 1. The van der Waals surface area contributed by atoms with Gasteiger partial charge in [0.2, 0.25) is 0 Å². The Morgan fingerprint density at radius 3 is 2.65 bits per heavy atom. The highest BCUT2D eigenvalue weighted by Crippen LogP contribution is 2.36. The van der Waals surface area contributed by atoms with Gasteiger partial charge in [-0.2, -0.15) is 5.10 Å². The van der Waals surface area contributed by atoms with Crippen LogP contribution in [0.15, 0.2) is 36.8 Å². The number of ether oxygens (including phenoxy) is 2. The fourth-order valence-electron chi connectivity index (χ4n) is 3.22. The Bertz CT molecular complexity index is 1170. The second-order valence-corrected chi connectivity index (χ2v) is 8.78. The summed E-state index contributed by atoms with van der Waals surface area (Å²) in [7, 11) is 0. The maximum absolute atomic E-state index is 13.9. The van der Waals surface area contributed by atoms with Gasteiger partial charge in [0, 0.05) is 40.7 Å². The fourth-order valence-corrected chi connectivity index (χ4v) is 3.89. The molecule has 0 radical (unpaired) electrons. The summed E-state index contributed by atoms with van der Waals surface area (Å²) in [5.41, 5.74) is 13.7. The Morgan fingerprint density at radius 1 is 1.21 bits per heavy atom. The lowest BCUT2D eigenvalue weighted by Gasteiger charge is -2.19. The number of esters is 1. The standard InChI is InChI=1S/C23H26Cl2FN5O3/c1-12(2)33-23(32)18(27)6-7-31-11-15(10-30-31)14-8-19(22(28)29-9-14)34-13(3)20-16(24)4-5-17(26)21(20)25/h4-5,8-13,18H,6-7,27H2,1-3H3,(H2,28,29)/t13?,18-/m0/s1. The van der Waals surface area contributed by atoms with Crippen molar-refractivity contribution in [2.75, 3.05) is 5.73 Å². The molecule has 0 aliphatic rings. The summed E-state index contributed by atoms with van der Waals surface area (Å²) in [5.74, 6) is -0.602. The van der Waals surface area contributed by atoms with E-state index in [1.165, 1.54) is 12.1 Å². The summed E-state index contributed by atoms with van der Waals surface area (Å²) in [6.07, 6.45) is 4.49. The van der Waals surface area contributed by atoms with Gasteiger partial charge in [-0.05, 0) is 45.4 Å². The molecule has 0 spiro atoms. The molecule has 0 saturated carbocycles. The van der Waals surface area contributed by atoms with Crippen molar-refractivity contribution in [3.8, 4) is 16.9 Å². The first-order valence-electron chi connectivity index (χ1n) is 10.6. The van der Waals surface area contributed by atoms with E-state index < -0.39 is 23.9 Å². The molecule has 0 aliphatic heterocycles. The zero-order valence-corrected chi connectivity index (χ0v) is 20.5. The molecular formula is C23H26Cl2FN5O3. The molecule has 0 aliphatic carbocycles.